The molecule has 0 amide bonds. The van der Waals surface area contributed by atoms with Crippen molar-refractivity contribution in [3.63, 3.8) is 0 Å². The minimum absolute atomic E-state index is 0.972. The quantitative estimate of drug-likeness (QED) is 0.274. The molecule has 2 saturated carbocycles. The molecular formula is C18H30F3O3S3+. The van der Waals surface area contributed by atoms with Gasteiger partial charge in [-0.3, -0.25) is 4.55 Å². The van der Waals surface area contributed by atoms with Gasteiger partial charge in [-0.25, -0.2) is 0 Å². The first kappa shape index (κ1) is 23.4. The van der Waals surface area contributed by atoms with Gasteiger partial charge in [-0.15, -0.1) is 0 Å². The Hall–Kier alpha value is 0.140. The maximum absolute atomic E-state index is 10.7. The molecule has 0 spiro atoms. The molecule has 2 fully saturated rings. The molecule has 0 saturated heterocycles. The van der Waals surface area contributed by atoms with E-state index in [9.17, 15) is 13.2 Å². The number of fused-ring (bicyclic) bond motifs is 1. The van der Waals surface area contributed by atoms with Crippen LogP contribution in [0.25, 0.3) is 0 Å². The van der Waals surface area contributed by atoms with E-state index in [1.165, 1.54) is 43.6 Å². The zero-order chi connectivity index (χ0) is 20.1. The van der Waals surface area contributed by atoms with Crippen LogP contribution < -0.4 is 0 Å². The smallest absolute Gasteiger partial charge is 0.279 e. The van der Waals surface area contributed by atoms with Crippen molar-refractivity contribution < 1.29 is 26.1 Å². The van der Waals surface area contributed by atoms with Crippen molar-refractivity contribution >= 4 is 37.4 Å². The Morgan fingerprint density at radius 2 is 1.78 bits per heavy atom. The van der Waals surface area contributed by atoms with Gasteiger partial charge in [-0.05, 0) is 49.9 Å². The number of hydrogen-bond acceptors (Lipinski definition) is 3. The van der Waals surface area contributed by atoms with Crippen LogP contribution in [0, 0.1) is 23.7 Å². The molecule has 4 atom stereocenters. The Bertz CT molecular complexity index is 605. The van der Waals surface area contributed by atoms with Crippen molar-refractivity contribution in [1.29, 1.82) is 0 Å². The molecule has 0 bridgehead atoms. The second-order valence-corrected chi connectivity index (χ2v) is 11.7. The third kappa shape index (κ3) is 7.16. The Kier molecular flexibility index (Phi) is 8.89. The van der Waals surface area contributed by atoms with Gasteiger partial charge in [-0.2, -0.15) is 21.6 Å². The summed E-state index contributed by atoms with van der Waals surface area (Å²) in [5.74, 6) is 7.02. The lowest BCUT2D eigenvalue weighted by Crippen LogP contribution is -2.33. The van der Waals surface area contributed by atoms with Gasteiger partial charge in [0.05, 0.1) is 0 Å². The Balaban J connectivity index is 0.000000279. The summed E-state index contributed by atoms with van der Waals surface area (Å²) < 4.78 is 59.4. The maximum atomic E-state index is 10.7. The van der Waals surface area contributed by atoms with Crippen LogP contribution in [0.3, 0.4) is 0 Å². The summed E-state index contributed by atoms with van der Waals surface area (Å²) in [4.78, 5) is 0. The van der Waals surface area contributed by atoms with Crippen LogP contribution in [0.5, 0.6) is 0 Å². The molecular weight excluding hydrogens is 417 g/mol. The van der Waals surface area contributed by atoms with Crippen molar-refractivity contribution in [1.82, 2.24) is 0 Å². The number of rotatable bonds is 3. The van der Waals surface area contributed by atoms with E-state index in [0.717, 1.165) is 23.7 Å². The predicted molar refractivity (Wildman–Crippen MR) is 108 cm³/mol. The topological polar surface area (TPSA) is 54.4 Å². The van der Waals surface area contributed by atoms with Crippen molar-refractivity contribution in [2.45, 2.75) is 70.2 Å². The first-order valence-electron chi connectivity index (χ1n) is 9.78. The number of hydrogen-bond donors (Lipinski definition) is 1. The Labute approximate surface area is 169 Å². The van der Waals surface area contributed by atoms with E-state index in [1.54, 1.807) is 25.7 Å². The molecule has 0 aromatic rings. The summed E-state index contributed by atoms with van der Waals surface area (Å²) in [5, 5.41) is 0. The predicted octanol–water partition coefficient (Wildman–Crippen LogP) is 5.36. The summed E-state index contributed by atoms with van der Waals surface area (Å²) >= 11 is 4.39. The van der Waals surface area contributed by atoms with Crippen molar-refractivity contribution in [3.8, 4) is 0 Å². The lowest BCUT2D eigenvalue weighted by Gasteiger charge is -2.41. The van der Waals surface area contributed by atoms with E-state index in [-0.39, 0.29) is 0 Å². The van der Waals surface area contributed by atoms with Crippen molar-refractivity contribution in [3.05, 3.63) is 0 Å². The van der Waals surface area contributed by atoms with Crippen molar-refractivity contribution in [2.75, 3.05) is 11.5 Å². The third-order valence-electron chi connectivity index (χ3n) is 5.82. The van der Waals surface area contributed by atoms with E-state index in [4.69, 9.17) is 13.0 Å². The molecule has 1 aliphatic heterocycles. The summed E-state index contributed by atoms with van der Waals surface area (Å²) in [7, 11) is -5.84. The van der Waals surface area contributed by atoms with Crippen LogP contribution >= 0.6 is 11.8 Å². The number of alkyl halides is 3. The van der Waals surface area contributed by atoms with Crippen LogP contribution in [-0.2, 0) is 21.5 Å². The molecule has 9 heteroatoms. The molecule has 0 aromatic heterocycles. The minimum atomic E-state index is -5.84. The average Bonchev–Trinajstić information content (AvgIpc) is 2.61. The highest BCUT2D eigenvalue weighted by Crippen LogP contribution is 2.46. The molecule has 1 heterocycles. The molecule has 0 radical (unpaired) electrons. The monoisotopic (exact) mass is 447 g/mol. The van der Waals surface area contributed by atoms with E-state index in [2.05, 4.69) is 30.0 Å². The molecule has 3 aliphatic rings. The number of thioether (sulfide) groups is 1. The molecule has 3 rings (SSSR count). The molecule has 0 aromatic carbocycles. The molecule has 27 heavy (non-hydrogen) atoms. The van der Waals surface area contributed by atoms with Gasteiger partial charge in [-0.1, -0.05) is 37.9 Å². The normalized spacial score (nSPS) is 32.0. The Morgan fingerprint density at radius 1 is 1.15 bits per heavy atom. The highest BCUT2D eigenvalue weighted by molar-refractivity contribution is 8.23. The van der Waals surface area contributed by atoms with E-state index < -0.39 is 15.6 Å². The van der Waals surface area contributed by atoms with Crippen LogP contribution in [0.4, 0.5) is 13.2 Å². The second-order valence-electron chi connectivity index (χ2n) is 7.79. The van der Waals surface area contributed by atoms with E-state index in [0.29, 0.717) is 0 Å². The first-order chi connectivity index (χ1) is 12.6. The van der Waals surface area contributed by atoms with Crippen LogP contribution in [0.1, 0.15) is 64.7 Å². The van der Waals surface area contributed by atoms with Crippen LogP contribution in [-0.4, -0.2) is 34.2 Å². The highest BCUT2D eigenvalue weighted by Gasteiger charge is 2.44. The SMILES string of the molecule is CCCC1CCC2CC(C3=[S+]CCCS3)CCC2C1.O=S(=O)(O)C(F)(F)F. The zero-order valence-electron chi connectivity index (χ0n) is 15.7. The Morgan fingerprint density at radius 3 is 2.33 bits per heavy atom. The van der Waals surface area contributed by atoms with Gasteiger partial charge >= 0.3 is 15.6 Å². The summed E-state index contributed by atoms with van der Waals surface area (Å²) in [6.45, 7) is 2.36. The molecule has 1 N–H and O–H groups in total. The lowest BCUT2D eigenvalue weighted by molar-refractivity contribution is -0.0510. The molecule has 4 unspecified atom stereocenters. The minimum Gasteiger partial charge on any atom is -0.279 e. The lowest BCUT2D eigenvalue weighted by atomic mass is 9.64. The van der Waals surface area contributed by atoms with Gasteiger partial charge in [0.25, 0.3) is 0 Å². The van der Waals surface area contributed by atoms with Crippen LogP contribution in [0.15, 0.2) is 0 Å². The second kappa shape index (κ2) is 10.3. The standard InChI is InChI=1S/C17H29S2.CHF3O3S/c1-2-4-13-5-6-15-12-16(8-7-14(15)11-13)17-18-9-3-10-19-17;2-1(3,4)8(5,6)7/h13-16H,2-12H2,1H3;(H,5,6,7)/q+1;. The van der Waals surface area contributed by atoms with Crippen molar-refractivity contribution in [2.24, 2.45) is 23.7 Å². The number of halogens is 3. The maximum Gasteiger partial charge on any atom is 0.522 e. The fourth-order valence-electron chi connectivity index (χ4n) is 4.55. The van der Waals surface area contributed by atoms with Gasteiger partial charge in [0.1, 0.15) is 0 Å². The molecule has 158 valence electrons. The van der Waals surface area contributed by atoms with Gasteiger partial charge < -0.3 is 0 Å². The fourth-order valence-corrected chi connectivity index (χ4v) is 7.45. The largest absolute Gasteiger partial charge is 0.522 e. The van der Waals surface area contributed by atoms with E-state index >= 15 is 0 Å². The first-order valence-corrected chi connectivity index (χ1v) is 13.2. The fraction of sp³-hybridized carbons (Fsp3) is 0.944. The van der Waals surface area contributed by atoms with Crippen LogP contribution in [0.2, 0.25) is 0 Å². The molecule has 3 nitrogen and oxygen atoms in total. The summed E-state index contributed by atoms with van der Waals surface area (Å²) in [6, 6.07) is 0. The van der Waals surface area contributed by atoms with Gasteiger partial charge in [0.15, 0.2) is 17.1 Å². The third-order valence-corrected chi connectivity index (χ3v) is 9.34. The average molecular weight is 448 g/mol. The van der Waals surface area contributed by atoms with Gasteiger partial charge in [0, 0.05) is 18.1 Å². The zero-order valence-corrected chi connectivity index (χ0v) is 18.2. The summed E-state index contributed by atoms with van der Waals surface area (Å²) in [6.07, 6.45) is 13.6. The van der Waals surface area contributed by atoms with E-state index in [1.807, 2.05) is 4.20 Å². The molecule has 2 aliphatic carbocycles. The summed E-state index contributed by atoms with van der Waals surface area (Å²) in [5.41, 5.74) is -5.53. The highest BCUT2D eigenvalue weighted by atomic mass is 32.2. The van der Waals surface area contributed by atoms with Gasteiger partial charge in [0.2, 0.25) is 4.20 Å².